The van der Waals surface area contributed by atoms with Crippen LogP contribution in [0.1, 0.15) is 36.2 Å². The maximum atomic E-state index is 12.7. The van der Waals surface area contributed by atoms with Crippen LogP contribution < -0.4 is 5.32 Å². The summed E-state index contributed by atoms with van der Waals surface area (Å²) in [6.07, 6.45) is 1.58. The molecule has 0 unspecified atom stereocenters. The number of fused-ring (bicyclic) bond motifs is 1. The van der Waals surface area contributed by atoms with Crippen molar-refractivity contribution in [3.63, 3.8) is 0 Å². The topological polar surface area (TPSA) is 99.6 Å². The SMILES string of the molecule is CC(C)[C@H](NC(=O)c1cc(-c2ccco2)[nH]n1)c1nc2ccccc2[nH]1. The quantitative estimate of drug-likeness (QED) is 0.512. The van der Waals surface area contributed by atoms with Gasteiger partial charge in [0.2, 0.25) is 0 Å². The van der Waals surface area contributed by atoms with Crippen LogP contribution >= 0.6 is 0 Å². The number of carbonyl (C=O) groups excluding carboxylic acids is 1. The van der Waals surface area contributed by atoms with E-state index in [4.69, 9.17) is 4.42 Å². The summed E-state index contributed by atoms with van der Waals surface area (Å²) >= 11 is 0. The van der Waals surface area contributed by atoms with Crippen molar-refractivity contribution in [2.24, 2.45) is 5.92 Å². The van der Waals surface area contributed by atoms with Gasteiger partial charge < -0.3 is 14.7 Å². The number of hydrogen-bond acceptors (Lipinski definition) is 4. The Bertz CT molecular complexity index is 996. The number of nitrogens with zero attached hydrogens (tertiary/aromatic N) is 2. The molecule has 1 atom stereocenters. The summed E-state index contributed by atoms with van der Waals surface area (Å²) in [5.74, 6) is 1.26. The van der Waals surface area contributed by atoms with Gasteiger partial charge in [0.1, 0.15) is 11.5 Å². The summed E-state index contributed by atoms with van der Waals surface area (Å²) < 4.78 is 5.32. The Labute approximate surface area is 149 Å². The number of amides is 1. The summed E-state index contributed by atoms with van der Waals surface area (Å²) in [5.41, 5.74) is 2.78. The molecule has 0 aliphatic heterocycles. The molecule has 0 saturated heterocycles. The lowest BCUT2D eigenvalue weighted by Gasteiger charge is -2.19. The van der Waals surface area contributed by atoms with Crippen molar-refractivity contribution in [2.45, 2.75) is 19.9 Å². The van der Waals surface area contributed by atoms with Crippen molar-refractivity contribution in [1.82, 2.24) is 25.5 Å². The fraction of sp³-hybridized carbons (Fsp3) is 0.211. The molecule has 7 nitrogen and oxygen atoms in total. The minimum Gasteiger partial charge on any atom is -0.463 e. The van der Waals surface area contributed by atoms with E-state index in [0.29, 0.717) is 17.1 Å². The van der Waals surface area contributed by atoms with Gasteiger partial charge >= 0.3 is 0 Å². The summed E-state index contributed by atoms with van der Waals surface area (Å²) in [5, 5.41) is 9.94. The largest absolute Gasteiger partial charge is 0.463 e. The van der Waals surface area contributed by atoms with Crippen molar-refractivity contribution >= 4 is 16.9 Å². The van der Waals surface area contributed by atoms with Gasteiger partial charge in [-0.1, -0.05) is 26.0 Å². The third-order valence-corrected chi connectivity index (χ3v) is 4.25. The van der Waals surface area contributed by atoms with E-state index < -0.39 is 0 Å². The highest BCUT2D eigenvalue weighted by Gasteiger charge is 2.23. The second-order valence-corrected chi connectivity index (χ2v) is 6.48. The lowest BCUT2D eigenvalue weighted by molar-refractivity contribution is 0.0918. The Hall–Kier alpha value is -3.35. The highest BCUT2D eigenvalue weighted by molar-refractivity contribution is 5.93. The van der Waals surface area contributed by atoms with Crippen LogP contribution in [-0.4, -0.2) is 26.1 Å². The van der Waals surface area contributed by atoms with Crippen LogP contribution in [0.4, 0.5) is 0 Å². The molecule has 26 heavy (non-hydrogen) atoms. The number of furan rings is 1. The molecule has 0 saturated carbocycles. The maximum Gasteiger partial charge on any atom is 0.272 e. The molecular weight excluding hydrogens is 330 g/mol. The molecular formula is C19H19N5O2. The molecule has 132 valence electrons. The average molecular weight is 349 g/mol. The first-order chi connectivity index (χ1) is 12.6. The molecule has 0 bridgehead atoms. The summed E-state index contributed by atoms with van der Waals surface area (Å²) in [4.78, 5) is 20.6. The zero-order chi connectivity index (χ0) is 18.1. The molecule has 0 fully saturated rings. The predicted octanol–water partition coefficient (Wildman–Crippen LogP) is 3.67. The van der Waals surface area contributed by atoms with Crippen LogP contribution in [0.3, 0.4) is 0 Å². The Morgan fingerprint density at radius 2 is 2.04 bits per heavy atom. The highest BCUT2D eigenvalue weighted by Crippen LogP contribution is 2.23. The Balaban J connectivity index is 1.57. The molecule has 0 spiro atoms. The van der Waals surface area contributed by atoms with Crippen molar-refractivity contribution in [3.05, 3.63) is 60.2 Å². The third kappa shape index (κ3) is 2.99. The summed E-state index contributed by atoms with van der Waals surface area (Å²) in [6.45, 7) is 4.08. The molecule has 3 N–H and O–H groups in total. The molecule has 3 aromatic heterocycles. The van der Waals surface area contributed by atoms with Gasteiger partial charge in [-0.3, -0.25) is 9.89 Å². The van der Waals surface area contributed by atoms with E-state index in [-0.39, 0.29) is 17.9 Å². The van der Waals surface area contributed by atoms with Crippen molar-refractivity contribution in [3.8, 4) is 11.5 Å². The van der Waals surface area contributed by atoms with E-state index in [1.54, 1.807) is 24.5 Å². The number of hydrogen-bond donors (Lipinski definition) is 3. The molecule has 1 aromatic carbocycles. The lowest BCUT2D eigenvalue weighted by Crippen LogP contribution is -2.32. The van der Waals surface area contributed by atoms with Gasteiger partial charge in [-0.2, -0.15) is 5.10 Å². The van der Waals surface area contributed by atoms with E-state index in [0.717, 1.165) is 16.9 Å². The maximum absolute atomic E-state index is 12.7. The molecule has 7 heteroatoms. The lowest BCUT2D eigenvalue weighted by atomic mass is 10.0. The number of nitrogens with one attached hydrogen (secondary N) is 3. The van der Waals surface area contributed by atoms with Gasteiger partial charge in [-0.05, 0) is 30.2 Å². The fourth-order valence-electron chi connectivity index (χ4n) is 2.88. The standard InChI is InChI=1S/C19H19N5O2/c1-11(2)17(18-20-12-6-3-4-7-13(12)21-18)22-19(25)15-10-14(23-24-15)16-8-5-9-26-16/h3-11,17H,1-2H3,(H,20,21)(H,22,25)(H,23,24)/t17-/m0/s1. The Morgan fingerprint density at radius 1 is 1.19 bits per heavy atom. The Kier molecular flexibility index (Phi) is 4.04. The molecule has 1 amide bonds. The number of rotatable bonds is 5. The first kappa shape index (κ1) is 16.1. The minimum atomic E-state index is -0.266. The molecule has 3 heterocycles. The molecule has 4 rings (SSSR count). The van der Waals surface area contributed by atoms with E-state index in [1.165, 1.54) is 0 Å². The monoisotopic (exact) mass is 349 g/mol. The van der Waals surface area contributed by atoms with E-state index >= 15 is 0 Å². The van der Waals surface area contributed by atoms with Crippen molar-refractivity contribution in [2.75, 3.05) is 0 Å². The van der Waals surface area contributed by atoms with Crippen LogP contribution in [0.25, 0.3) is 22.5 Å². The second-order valence-electron chi connectivity index (χ2n) is 6.48. The number of aromatic amines is 2. The smallest absolute Gasteiger partial charge is 0.272 e. The molecule has 4 aromatic rings. The molecule has 0 radical (unpaired) electrons. The van der Waals surface area contributed by atoms with E-state index in [9.17, 15) is 4.79 Å². The van der Waals surface area contributed by atoms with Gasteiger partial charge in [0.05, 0.1) is 23.3 Å². The first-order valence-electron chi connectivity index (χ1n) is 8.46. The van der Waals surface area contributed by atoms with Crippen LogP contribution in [0, 0.1) is 5.92 Å². The van der Waals surface area contributed by atoms with E-state index in [1.807, 2.05) is 38.1 Å². The predicted molar refractivity (Wildman–Crippen MR) is 97.4 cm³/mol. The van der Waals surface area contributed by atoms with Gasteiger partial charge in [-0.15, -0.1) is 0 Å². The minimum absolute atomic E-state index is 0.156. The molecule has 0 aliphatic rings. The van der Waals surface area contributed by atoms with Gasteiger partial charge in [0.15, 0.2) is 11.5 Å². The van der Waals surface area contributed by atoms with Crippen LogP contribution in [0.5, 0.6) is 0 Å². The number of benzene rings is 1. The van der Waals surface area contributed by atoms with Crippen molar-refractivity contribution < 1.29 is 9.21 Å². The van der Waals surface area contributed by atoms with Crippen LogP contribution in [-0.2, 0) is 0 Å². The summed E-state index contributed by atoms with van der Waals surface area (Å²) in [6, 6.07) is 12.8. The molecule has 0 aliphatic carbocycles. The zero-order valence-electron chi connectivity index (χ0n) is 14.5. The normalized spacial score (nSPS) is 12.6. The Morgan fingerprint density at radius 3 is 2.77 bits per heavy atom. The highest BCUT2D eigenvalue weighted by atomic mass is 16.3. The second kappa shape index (κ2) is 6.51. The van der Waals surface area contributed by atoms with Gasteiger partial charge in [0, 0.05) is 6.07 Å². The number of H-pyrrole nitrogens is 2. The van der Waals surface area contributed by atoms with Crippen LogP contribution in [0.15, 0.2) is 53.1 Å². The van der Waals surface area contributed by atoms with Crippen molar-refractivity contribution in [1.29, 1.82) is 0 Å². The summed E-state index contributed by atoms with van der Waals surface area (Å²) in [7, 11) is 0. The van der Waals surface area contributed by atoms with E-state index in [2.05, 4.69) is 25.5 Å². The number of para-hydroxylation sites is 2. The van der Waals surface area contributed by atoms with Gasteiger partial charge in [-0.25, -0.2) is 4.98 Å². The first-order valence-corrected chi connectivity index (χ1v) is 8.46. The number of imidazole rings is 1. The fourth-order valence-corrected chi connectivity index (χ4v) is 2.88. The van der Waals surface area contributed by atoms with Gasteiger partial charge in [0.25, 0.3) is 5.91 Å². The third-order valence-electron chi connectivity index (χ3n) is 4.25. The number of carbonyl (C=O) groups is 1. The number of aromatic nitrogens is 4. The zero-order valence-corrected chi connectivity index (χ0v) is 14.5. The average Bonchev–Trinajstić information content (AvgIpc) is 3.38. The van der Waals surface area contributed by atoms with Crippen LogP contribution in [0.2, 0.25) is 0 Å².